The summed E-state index contributed by atoms with van der Waals surface area (Å²) in [6, 6.07) is 14.3. The minimum Gasteiger partial charge on any atom is -0.366 e. The standard InChI is InChI=1S/C22H26N6O/c1-16-21(17(2)28(26-16)15-18-7-4-3-5-8-18)22(29)27-13-10-19(11-14-27)24-20-9-6-12-23-25-20/h3-9,12,19H,10-11,13-15H2,1-2H3,(H,24,25). The molecular weight excluding hydrogens is 364 g/mol. The van der Waals surface area contributed by atoms with Gasteiger partial charge in [0, 0.05) is 31.0 Å². The highest BCUT2D eigenvalue weighted by atomic mass is 16.2. The normalized spacial score (nSPS) is 14.8. The van der Waals surface area contributed by atoms with Crippen molar-refractivity contribution in [3.63, 3.8) is 0 Å². The van der Waals surface area contributed by atoms with Gasteiger partial charge >= 0.3 is 0 Å². The highest BCUT2D eigenvalue weighted by molar-refractivity contribution is 5.96. The van der Waals surface area contributed by atoms with Crippen molar-refractivity contribution in [2.45, 2.75) is 39.3 Å². The molecule has 1 saturated heterocycles. The molecule has 0 saturated carbocycles. The van der Waals surface area contributed by atoms with Crippen molar-refractivity contribution < 1.29 is 4.79 Å². The van der Waals surface area contributed by atoms with E-state index in [1.807, 2.05) is 53.8 Å². The molecule has 4 rings (SSSR count). The van der Waals surface area contributed by atoms with Gasteiger partial charge in [0.15, 0.2) is 0 Å². The van der Waals surface area contributed by atoms with Gasteiger partial charge < -0.3 is 10.2 Å². The lowest BCUT2D eigenvalue weighted by Crippen LogP contribution is -2.42. The number of benzene rings is 1. The zero-order valence-corrected chi connectivity index (χ0v) is 16.9. The number of carbonyl (C=O) groups excluding carboxylic acids is 1. The van der Waals surface area contributed by atoms with E-state index in [2.05, 4.69) is 32.7 Å². The lowest BCUT2D eigenvalue weighted by molar-refractivity contribution is 0.0717. The first-order chi connectivity index (χ1) is 14.1. The molecule has 1 aliphatic rings. The predicted molar refractivity (Wildman–Crippen MR) is 112 cm³/mol. The van der Waals surface area contributed by atoms with E-state index in [9.17, 15) is 4.79 Å². The second-order valence-corrected chi connectivity index (χ2v) is 7.51. The molecule has 1 fully saturated rings. The molecule has 0 atom stereocenters. The minimum absolute atomic E-state index is 0.0808. The summed E-state index contributed by atoms with van der Waals surface area (Å²) in [6.07, 6.45) is 3.44. The molecule has 0 unspecified atom stereocenters. The molecule has 1 aromatic carbocycles. The van der Waals surface area contributed by atoms with E-state index in [4.69, 9.17) is 0 Å². The van der Waals surface area contributed by atoms with Crippen molar-refractivity contribution in [2.24, 2.45) is 0 Å². The van der Waals surface area contributed by atoms with Crippen LogP contribution in [-0.4, -0.2) is 49.9 Å². The number of rotatable bonds is 5. The molecule has 1 aliphatic heterocycles. The molecular formula is C22H26N6O. The smallest absolute Gasteiger partial charge is 0.257 e. The van der Waals surface area contributed by atoms with Crippen LogP contribution in [0, 0.1) is 13.8 Å². The Labute approximate surface area is 170 Å². The number of hydrogen-bond donors (Lipinski definition) is 1. The van der Waals surface area contributed by atoms with Crippen molar-refractivity contribution in [3.8, 4) is 0 Å². The first-order valence-corrected chi connectivity index (χ1v) is 10.0. The second kappa shape index (κ2) is 8.43. The highest BCUT2D eigenvalue weighted by Crippen LogP contribution is 2.21. The largest absolute Gasteiger partial charge is 0.366 e. The Balaban J connectivity index is 1.41. The van der Waals surface area contributed by atoms with Crippen LogP contribution in [0.3, 0.4) is 0 Å². The van der Waals surface area contributed by atoms with E-state index in [1.54, 1.807) is 6.20 Å². The van der Waals surface area contributed by atoms with Crippen LogP contribution in [0.15, 0.2) is 48.7 Å². The molecule has 3 heterocycles. The average molecular weight is 390 g/mol. The molecule has 0 spiro atoms. The fraction of sp³-hybridized carbons (Fsp3) is 0.364. The van der Waals surface area contributed by atoms with Gasteiger partial charge in [-0.15, -0.1) is 5.10 Å². The first-order valence-electron chi connectivity index (χ1n) is 10.0. The molecule has 3 aromatic rings. The number of carbonyl (C=O) groups is 1. The number of amides is 1. The maximum Gasteiger partial charge on any atom is 0.257 e. The summed E-state index contributed by atoms with van der Waals surface area (Å²) in [5, 5.41) is 16.0. The molecule has 150 valence electrons. The van der Waals surface area contributed by atoms with Gasteiger partial charge in [0.1, 0.15) is 5.82 Å². The van der Waals surface area contributed by atoms with Crippen molar-refractivity contribution in [3.05, 3.63) is 71.2 Å². The Bertz CT molecular complexity index is 962. The van der Waals surface area contributed by atoms with Gasteiger partial charge in [-0.2, -0.15) is 10.2 Å². The predicted octanol–water partition coefficient (Wildman–Crippen LogP) is 3.05. The number of nitrogens with zero attached hydrogens (tertiary/aromatic N) is 5. The Morgan fingerprint density at radius 1 is 1.10 bits per heavy atom. The van der Waals surface area contributed by atoms with Crippen LogP contribution < -0.4 is 5.32 Å². The monoisotopic (exact) mass is 390 g/mol. The zero-order chi connectivity index (χ0) is 20.2. The van der Waals surface area contributed by atoms with E-state index in [1.165, 1.54) is 5.56 Å². The molecule has 0 aliphatic carbocycles. The number of nitrogens with one attached hydrogen (secondary N) is 1. The number of aromatic nitrogens is 4. The van der Waals surface area contributed by atoms with Crippen LogP contribution in [0.25, 0.3) is 0 Å². The summed E-state index contributed by atoms with van der Waals surface area (Å²) in [7, 11) is 0. The summed E-state index contributed by atoms with van der Waals surface area (Å²) >= 11 is 0. The van der Waals surface area contributed by atoms with E-state index in [0.29, 0.717) is 12.6 Å². The molecule has 0 radical (unpaired) electrons. The maximum atomic E-state index is 13.2. The Morgan fingerprint density at radius 3 is 2.55 bits per heavy atom. The van der Waals surface area contributed by atoms with E-state index < -0.39 is 0 Å². The summed E-state index contributed by atoms with van der Waals surface area (Å²) in [5.74, 6) is 0.864. The van der Waals surface area contributed by atoms with Crippen LogP contribution in [0.4, 0.5) is 5.82 Å². The molecule has 1 N–H and O–H groups in total. The summed E-state index contributed by atoms with van der Waals surface area (Å²) in [4.78, 5) is 15.1. The second-order valence-electron chi connectivity index (χ2n) is 7.51. The third kappa shape index (κ3) is 4.29. The molecule has 7 heteroatoms. The van der Waals surface area contributed by atoms with Crippen LogP contribution in [0.1, 0.15) is 40.2 Å². The van der Waals surface area contributed by atoms with Crippen molar-refractivity contribution in [2.75, 3.05) is 18.4 Å². The maximum absolute atomic E-state index is 13.2. The van der Waals surface area contributed by atoms with Gasteiger partial charge in [-0.05, 0) is 44.4 Å². The van der Waals surface area contributed by atoms with Gasteiger partial charge in [0.25, 0.3) is 5.91 Å². The molecule has 1 amide bonds. The van der Waals surface area contributed by atoms with E-state index in [-0.39, 0.29) is 5.91 Å². The third-order valence-electron chi connectivity index (χ3n) is 5.48. The number of aryl methyl sites for hydroxylation is 1. The van der Waals surface area contributed by atoms with Crippen molar-refractivity contribution in [1.82, 2.24) is 24.9 Å². The zero-order valence-electron chi connectivity index (χ0n) is 16.9. The lowest BCUT2D eigenvalue weighted by Gasteiger charge is -2.32. The third-order valence-corrected chi connectivity index (χ3v) is 5.48. The highest BCUT2D eigenvalue weighted by Gasteiger charge is 2.27. The number of anilines is 1. The fourth-order valence-corrected chi connectivity index (χ4v) is 3.89. The van der Waals surface area contributed by atoms with Gasteiger partial charge in [0.05, 0.1) is 17.8 Å². The average Bonchev–Trinajstić information content (AvgIpc) is 3.02. The van der Waals surface area contributed by atoms with Gasteiger partial charge in [-0.3, -0.25) is 9.48 Å². The molecule has 2 aromatic heterocycles. The summed E-state index contributed by atoms with van der Waals surface area (Å²) in [6.45, 7) is 6.02. The van der Waals surface area contributed by atoms with Gasteiger partial charge in [-0.1, -0.05) is 30.3 Å². The Hall–Kier alpha value is -3.22. The van der Waals surface area contributed by atoms with Gasteiger partial charge in [-0.25, -0.2) is 0 Å². The Kier molecular flexibility index (Phi) is 5.55. The van der Waals surface area contributed by atoms with Crippen molar-refractivity contribution in [1.29, 1.82) is 0 Å². The van der Waals surface area contributed by atoms with Gasteiger partial charge in [0.2, 0.25) is 0 Å². The number of likely N-dealkylation sites (tertiary alicyclic amines) is 1. The first kappa shape index (κ1) is 19.1. The van der Waals surface area contributed by atoms with E-state index >= 15 is 0 Å². The summed E-state index contributed by atoms with van der Waals surface area (Å²) < 4.78 is 1.93. The minimum atomic E-state index is 0.0808. The van der Waals surface area contributed by atoms with Crippen LogP contribution in [0.2, 0.25) is 0 Å². The molecule has 29 heavy (non-hydrogen) atoms. The summed E-state index contributed by atoms with van der Waals surface area (Å²) in [5.41, 5.74) is 3.63. The fourth-order valence-electron chi connectivity index (χ4n) is 3.89. The molecule has 7 nitrogen and oxygen atoms in total. The number of hydrogen-bond acceptors (Lipinski definition) is 5. The van der Waals surface area contributed by atoms with E-state index in [0.717, 1.165) is 48.7 Å². The molecule has 0 bridgehead atoms. The van der Waals surface area contributed by atoms with Crippen LogP contribution >= 0.6 is 0 Å². The SMILES string of the molecule is Cc1nn(Cc2ccccc2)c(C)c1C(=O)N1CCC(Nc2cccnn2)CC1. The van der Waals surface area contributed by atoms with Crippen LogP contribution in [-0.2, 0) is 6.54 Å². The quantitative estimate of drug-likeness (QED) is 0.725. The number of piperidine rings is 1. The Morgan fingerprint density at radius 2 is 1.86 bits per heavy atom. The van der Waals surface area contributed by atoms with Crippen LogP contribution in [0.5, 0.6) is 0 Å². The topological polar surface area (TPSA) is 75.9 Å². The van der Waals surface area contributed by atoms with Crippen molar-refractivity contribution >= 4 is 11.7 Å². The lowest BCUT2D eigenvalue weighted by atomic mass is 10.0.